The van der Waals surface area contributed by atoms with Gasteiger partial charge in [0.15, 0.2) is 0 Å². The molecule has 4 aliphatic rings. The molecule has 1 saturated carbocycles. The Morgan fingerprint density at radius 1 is 1.12 bits per heavy atom. The number of piperidine rings is 1. The summed E-state index contributed by atoms with van der Waals surface area (Å²) in [7, 11) is 1.73. The number of aromatic nitrogens is 3. The van der Waals surface area contributed by atoms with Gasteiger partial charge in [-0.1, -0.05) is 33.8 Å². The van der Waals surface area contributed by atoms with Crippen molar-refractivity contribution in [2.24, 2.45) is 23.2 Å². The molecule has 6 heterocycles. The third-order valence-electron chi connectivity index (χ3n) is 14.5. The number of nitrogens with zero attached hydrogens (tertiary/aromatic N) is 5. The van der Waals surface area contributed by atoms with Crippen molar-refractivity contribution in [3.8, 4) is 22.5 Å². The fourth-order valence-corrected chi connectivity index (χ4v) is 11.5. The van der Waals surface area contributed by atoms with Crippen LogP contribution in [0.2, 0.25) is 0 Å². The summed E-state index contributed by atoms with van der Waals surface area (Å²) in [5, 5.41) is 8.50. The van der Waals surface area contributed by atoms with Crippen LogP contribution in [0.4, 0.5) is 0 Å². The number of hydrogen-bond donors (Lipinski definition) is 2. The average molecular weight is 912 g/mol. The highest BCUT2D eigenvalue weighted by Gasteiger charge is 2.50. The first-order chi connectivity index (χ1) is 31.4. The van der Waals surface area contributed by atoms with Crippen LogP contribution in [0.15, 0.2) is 35.8 Å². The van der Waals surface area contributed by atoms with Crippen LogP contribution in [0.25, 0.3) is 33.4 Å². The highest BCUT2D eigenvalue weighted by atomic mass is 32.1. The normalized spacial score (nSPS) is 24.0. The number of methoxy groups -OCH3 is 1. The zero-order chi connectivity index (χ0) is 46.0. The number of carbonyl (C=O) groups excluding carboxylic acids is 3. The van der Waals surface area contributed by atoms with E-state index in [1.807, 2.05) is 12.3 Å². The number of pyridine rings is 1. The van der Waals surface area contributed by atoms with Crippen molar-refractivity contribution in [3.05, 3.63) is 57.7 Å². The maximum Gasteiger partial charge on any atom is 0.293 e. The average Bonchev–Trinajstić information content (AvgIpc) is 3.59. The molecule has 15 heteroatoms. The van der Waals surface area contributed by atoms with Gasteiger partial charge in [0.2, 0.25) is 5.91 Å². The third kappa shape index (κ3) is 9.92. The molecule has 65 heavy (non-hydrogen) atoms. The van der Waals surface area contributed by atoms with Gasteiger partial charge in [0, 0.05) is 90.9 Å². The molecule has 0 radical (unpaired) electrons. The minimum absolute atomic E-state index is 0.120. The third-order valence-corrected chi connectivity index (χ3v) is 15.4. The quantitative estimate of drug-likeness (QED) is 0.0959. The Morgan fingerprint density at radius 3 is 2.65 bits per heavy atom. The van der Waals surface area contributed by atoms with Crippen LogP contribution in [-0.4, -0.2) is 115 Å². The summed E-state index contributed by atoms with van der Waals surface area (Å²) in [4.78, 5) is 52.5. The number of amides is 2. The number of ether oxygens (including phenoxy) is 4. The largest absolute Gasteiger partial charge is 0.467 e. The first-order valence-electron chi connectivity index (χ1n) is 23.9. The number of aryl methyl sites for hydroxylation is 1. The summed E-state index contributed by atoms with van der Waals surface area (Å²) in [6, 6.07) is 8.33. The van der Waals surface area contributed by atoms with Crippen LogP contribution in [-0.2, 0) is 46.3 Å². The van der Waals surface area contributed by atoms with Crippen LogP contribution < -0.4 is 10.7 Å². The number of thiazole rings is 1. The molecule has 0 unspecified atom stereocenters. The number of carbonyl (C=O) groups is 3. The lowest BCUT2D eigenvalue weighted by Gasteiger charge is -2.42. The SMILES string of the molecule is CCO[C@H](c1nc(-c2ccc3c(c2)c(CC(C)(C)COC=O)c(-c2cc([C@@H]4CCN5CCOC[C@@H]5C4)cnc2[C@H](C)OC)n3CC)cs1)[C@H](NC(=O)[C@H]1[C@H](C)[C@@H]1C)C(=O)N1CCCCN1. The molecule has 352 valence electrons. The topological polar surface area (TPSA) is 149 Å². The van der Waals surface area contributed by atoms with Crippen LogP contribution in [0.1, 0.15) is 114 Å². The Hall–Kier alpha value is -4.25. The zero-order valence-corrected chi connectivity index (χ0v) is 40.4. The molecule has 3 aliphatic heterocycles. The number of fused-ring (bicyclic) bond motifs is 2. The predicted octanol–water partition coefficient (Wildman–Crippen LogP) is 7.47. The number of nitrogens with one attached hydrogen (secondary N) is 2. The molecule has 8 rings (SSSR count). The minimum Gasteiger partial charge on any atom is -0.467 e. The molecule has 4 fully saturated rings. The van der Waals surface area contributed by atoms with Gasteiger partial charge in [0.25, 0.3) is 12.4 Å². The molecule has 8 atom stereocenters. The molecule has 4 aromatic rings. The number of benzene rings is 1. The van der Waals surface area contributed by atoms with E-state index in [2.05, 4.69) is 92.2 Å². The highest BCUT2D eigenvalue weighted by Crippen LogP contribution is 2.46. The van der Waals surface area contributed by atoms with Gasteiger partial charge in [-0.2, -0.15) is 0 Å². The fourth-order valence-electron chi connectivity index (χ4n) is 10.5. The highest BCUT2D eigenvalue weighted by molar-refractivity contribution is 7.10. The number of hydrazine groups is 1. The Kier molecular flexibility index (Phi) is 14.8. The monoisotopic (exact) mass is 911 g/mol. The van der Waals surface area contributed by atoms with Gasteiger partial charge < -0.3 is 28.8 Å². The van der Waals surface area contributed by atoms with Crippen molar-refractivity contribution < 1.29 is 33.3 Å². The first kappa shape index (κ1) is 47.3. The van der Waals surface area contributed by atoms with Crippen molar-refractivity contribution in [3.63, 3.8) is 0 Å². The molecule has 3 saturated heterocycles. The second-order valence-electron chi connectivity index (χ2n) is 19.4. The van der Waals surface area contributed by atoms with E-state index in [1.165, 1.54) is 16.9 Å². The molecule has 2 N–H and O–H groups in total. The van der Waals surface area contributed by atoms with Gasteiger partial charge >= 0.3 is 0 Å². The molecule has 2 amide bonds. The van der Waals surface area contributed by atoms with Gasteiger partial charge in [0.1, 0.15) is 17.2 Å². The predicted molar refractivity (Wildman–Crippen MR) is 252 cm³/mol. The van der Waals surface area contributed by atoms with Gasteiger partial charge in [-0.25, -0.2) is 10.4 Å². The van der Waals surface area contributed by atoms with Crippen LogP contribution in [0.3, 0.4) is 0 Å². The van der Waals surface area contributed by atoms with Gasteiger partial charge in [0.05, 0.1) is 43.0 Å². The molecule has 1 aromatic carbocycles. The summed E-state index contributed by atoms with van der Waals surface area (Å²) in [6.45, 7) is 21.2. The molecule has 1 aliphatic carbocycles. The van der Waals surface area contributed by atoms with E-state index >= 15 is 0 Å². The van der Waals surface area contributed by atoms with Crippen molar-refractivity contribution in [2.75, 3.05) is 59.7 Å². The van der Waals surface area contributed by atoms with Crippen molar-refractivity contribution in [1.82, 2.24) is 35.2 Å². The lowest BCUT2D eigenvalue weighted by Crippen LogP contribution is -2.57. The van der Waals surface area contributed by atoms with E-state index in [-0.39, 0.29) is 42.3 Å². The zero-order valence-electron chi connectivity index (χ0n) is 39.6. The maximum absolute atomic E-state index is 14.3. The first-order valence-corrected chi connectivity index (χ1v) is 24.7. The summed E-state index contributed by atoms with van der Waals surface area (Å²) < 4.78 is 26.1. The van der Waals surface area contributed by atoms with E-state index in [0.29, 0.717) is 56.1 Å². The molecular weight excluding hydrogens is 843 g/mol. The Morgan fingerprint density at radius 2 is 1.94 bits per heavy atom. The van der Waals surface area contributed by atoms with E-state index < -0.39 is 17.6 Å². The van der Waals surface area contributed by atoms with Crippen LogP contribution >= 0.6 is 11.3 Å². The molecule has 0 spiro atoms. The summed E-state index contributed by atoms with van der Waals surface area (Å²) in [5.41, 5.74) is 11.0. The maximum atomic E-state index is 14.3. The number of hydrogen-bond acceptors (Lipinski definition) is 12. The molecule has 0 bridgehead atoms. The Labute approximate surface area is 388 Å². The van der Waals surface area contributed by atoms with Crippen LogP contribution in [0.5, 0.6) is 0 Å². The summed E-state index contributed by atoms with van der Waals surface area (Å²) >= 11 is 1.44. The molecule has 3 aromatic heterocycles. The molecular formula is C50H69N7O7S. The Balaban J connectivity index is 1.21. The fraction of sp³-hybridized carbons (Fsp3) is 0.620. The Bertz CT molecular complexity index is 2310. The molecule has 14 nitrogen and oxygen atoms in total. The van der Waals surface area contributed by atoms with Gasteiger partial charge in [-0.3, -0.25) is 29.3 Å². The smallest absolute Gasteiger partial charge is 0.293 e. The van der Waals surface area contributed by atoms with Crippen molar-refractivity contribution >= 4 is 40.5 Å². The standard InChI is InChI=1S/C50H69N7O7S/c1-9-56-41-14-13-34(40-27-65-48(53-40)46(64-10-2)44(49(60)57-17-12-11-16-52-57)54-47(59)42-30(3)31(42)4)22-37(41)39(24-50(6,7)28-63-29-58)45(56)38-23-35(25-51-43(38)32(5)61-8)33-15-18-55-19-20-62-26-36(55)21-33/h13-14,22-23,25,27,29-33,36,42,44,46,52H,9-12,15-21,24,26,28H2,1-8H3,(H,54,59)/t30-,31+,32-,33+,36-,42+,44-,46-/m0/s1. The van der Waals surface area contributed by atoms with E-state index in [1.54, 1.807) is 12.1 Å². The van der Waals surface area contributed by atoms with Crippen molar-refractivity contribution in [2.45, 2.75) is 117 Å². The second kappa shape index (κ2) is 20.3. The summed E-state index contributed by atoms with van der Waals surface area (Å²) in [5.74, 6) is 0.387. The van der Waals surface area contributed by atoms with Crippen LogP contribution in [0, 0.1) is 23.2 Å². The lowest BCUT2D eigenvalue weighted by atomic mass is 9.82. The van der Waals surface area contributed by atoms with Crippen molar-refractivity contribution in [1.29, 1.82) is 0 Å². The van der Waals surface area contributed by atoms with Gasteiger partial charge in [-0.15, -0.1) is 11.3 Å². The van der Waals surface area contributed by atoms with E-state index in [0.717, 1.165) is 96.7 Å². The van der Waals surface area contributed by atoms with Gasteiger partial charge in [-0.05, 0) is 106 Å². The second-order valence-corrected chi connectivity index (χ2v) is 20.3. The number of rotatable bonds is 18. The number of morpholine rings is 1. The van der Waals surface area contributed by atoms with E-state index in [4.69, 9.17) is 28.9 Å². The summed E-state index contributed by atoms with van der Waals surface area (Å²) in [6.07, 6.45) is 5.59. The lowest BCUT2D eigenvalue weighted by molar-refractivity contribution is -0.145. The minimum atomic E-state index is -0.949. The van der Waals surface area contributed by atoms with E-state index in [9.17, 15) is 14.4 Å².